The van der Waals surface area contributed by atoms with E-state index in [-0.39, 0.29) is 37.5 Å². The molecule has 0 bridgehead atoms. The number of aliphatic carboxylic acids is 1. The lowest BCUT2D eigenvalue weighted by molar-refractivity contribution is -0.147. The van der Waals surface area contributed by atoms with Crippen LogP contribution in [0.3, 0.4) is 0 Å². The molecule has 1 fully saturated rings. The first-order valence-corrected chi connectivity index (χ1v) is 14.7. The maximum Gasteiger partial charge on any atom is 0.407 e. The first-order valence-electron chi connectivity index (χ1n) is 14.7. The molecule has 3 aromatic carbocycles. The molecule has 0 spiro atoms. The van der Waals surface area contributed by atoms with Crippen molar-refractivity contribution >= 4 is 18.0 Å². The number of carbonyl (C=O) groups is 3. The summed E-state index contributed by atoms with van der Waals surface area (Å²) >= 11 is 0. The standard InChI is InChI=1S/C34H38N2O6/c1-22(41-20-23-11-3-2-4-12-23)31(33(38)39)36-32(37)25-14-6-5-13-24(25)19-35-34(40)42-21-30-28-17-9-7-15-26(28)27-16-8-10-18-29(27)30/h2-4,7-12,15-18,22,24-25,30-31H,5-6,13-14,19-21H2,1H3,(H,35,40)(H,36,37)(H,38,39)/t22-,24?,25?,31+/m1/s1. The molecule has 0 radical (unpaired) electrons. The summed E-state index contributed by atoms with van der Waals surface area (Å²) in [6.45, 7) is 2.40. The number of carboxylic acids is 1. The SMILES string of the molecule is C[C@@H](OCc1ccccc1)[C@H](NC(=O)C1CCCCC1CNC(=O)OCC1c2ccccc2-c2ccccc21)C(=O)O. The van der Waals surface area contributed by atoms with Crippen molar-refractivity contribution in [2.45, 2.75) is 57.3 Å². The highest BCUT2D eigenvalue weighted by atomic mass is 16.5. The molecular formula is C34H38N2O6. The highest BCUT2D eigenvalue weighted by Gasteiger charge is 2.36. The largest absolute Gasteiger partial charge is 0.480 e. The molecule has 8 nitrogen and oxygen atoms in total. The summed E-state index contributed by atoms with van der Waals surface area (Å²) in [6, 6.07) is 24.6. The lowest BCUT2D eigenvalue weighted by Crippen LogP contribution is -2.52. The molecule has 220 valence electrons. The second-order valence-corrected chi connectivity index (χ2v) is 11.2. The van der Waals surface area contributed by atoms with Crippen LogP contribution in [0.15, 0.2) is 78.9 Å². The molecular weight excluding hydrogens is 532 g/mol. The number of fused-ring (bicyclic) bond motifs is 3. The van der Waals surface area contributed by atoms with Gasteiger partial charge in [-0.05, 0) is 53.5 Å². The fourth-order valence-electron chi connectivity index (χ4n) is 6.20. The number of hydrogen-bond acceptors (Lipinski definition) is 5. The molecule has 3 N–H and O–H groups in total. The van der Waals surface area contributed by atoms with Gasteiger partial charge in [-0.3, -0.25) is 4.79 Å². The quantitative estimate of drug-likeness (QED) is 0.280. The van der Waals surface area contributed by atoms with E-state index in [2.05, 4.69) is 34.9 Å². The van der Waals surface area contributed by atoms with Crippen LogP contribution in [0.25, 0.3) is 11.1 Å². The van der Waals surface area contributed by atoms with E-state index in [4.69, 9.17) is 9.47 Å². The van der Waals surface area contributed by atoms with Crippen molar-refractivity contribution in [2.24, 2.45) is 11.8 Å². The number of hydrogen-bond donors (Lipinski definition) is 3. The number of carbonyl (C=O) groups excluding carboxylic acids is 2. The smallest absolute Gasteiger partial charge is 0.407 e. The Hall–Kier alpha value is -4.17. The van der Waals surface area contributed by atoms with Gasteiger partial charge in [0.2, 0.25) is 5.91 Å². The van der Waals surface area contributed by atoms with Crippen LogP contribution in [0.4, 0.5) is 4.79 Å². The summed E-state index contributed by atoms with van der Waals surface area (Å²) in [5, 5.41) is 15.4. The van der Waals surface area contributed by atoms with E-state index in [9.17, 15) is 19.5 Å². The number of amides is 2. The van der Waals surface area contributed by atoms with E-state index >= 15 is 0 Å². The Balaban J connectivity index is 1.14. The normalized spacial score (nSPS) is 19.2. The number of nitrogens with one attached hydrogen (secondary N) is 2. The molecule has 0 aliphatic heterocycles. The van der Waals surface area contributed by atoms with Gasteiger partial charge in [0.05, 0.1) is 12.7 Å². The van der Waals surface area contributed by atoms with Gasteiger partial charge in [-0.2, -0.15) is 0 Å². The second-order valence-electron chi connectivity index (χ2n) is 11.2. The Kier molecular flexibility index (Phi) is 9.54. The Morgan fingerprint density at radius 3 is 2.17 bits per heavy atom. The molecule has 5 rings (SSSR count). The summed E-state index contributed by atoms with van der Waals surface area (Å²) < 4.78 is 11.5. The van der Waals surface area contributed by atoms with Crippen LogP contribution in [-0.2, 0) is 25.7 Å². The molecule has 0 saturated heterocycles. The van der Waals surface area contributed by atoms with Crippen molar-refractivity contribution in [3.63, 3.8) is 0 Å². The molecule has 4 atom stereocenters. The molecule has 0 heterocycles. The summed E-state index contributed by atoms with van der Waals surface area (Å²) in [7, 11) is 0. The molecule has 2 unspecified atom stereocenters. The van der Waals surface area contributed by atoms with Gasteiger partial charge in [0.25, 0.3) is 0 Å². The van der Waals surface area contributed by atoms with E-state index in [1.165, 1.54) is 0 Å². The zero-order valence-corrected chi connectivity index (χ0v) is 23.8. The molecule has 2 aliphatic rings. The Morgan fingerprint density at radius 1 is 0.881 bits per heavy atom. The zero-order valence-electron chi connectivity index (χ0n) is 23.8. The first-order chi connectivity index (χ1) is 20.4. The van der Waals surface area contributed by atoms with Crippen molar-refractivity contribution < 1.29 is 29.0 Å². The molecule has 8 heteroatoms. The summed E-state index contributed by atoms with van der Waals surface area (Å²) in [5.74, 6) is -2.02. The van der Waals surface area contributed by atoms with Gasteiger partial charge in [0, 0.05) is 18.4 Å². The van der Waals surface area contributed by atoms with Gasteiger partial charge in [-0.1, -0.05) is 91.7 Å². The lowest BCUT2D eigenvalue weighted by Gasteiger charge is -2.32. The van der Waals surface area contributed by atoms with Gasteiger partial charge in [0.15, 0.2) is 6.04 Å². The molecule has 2 amide bonds. The van der Waals surface area contributed by atoms with Gasteiger partial charge >= 0.3 is 12.1 Å². The van der Waals surface area contributed by atoms with Gasteiger partial charge < -0.3 is 25.2 Å². The monoisotopic (exact) mass is 570 g/mol. The number of carboxylic acid groups (broad SMARTS) is 1. The maximum absolute atomic E-state index is 13.3. The van der Waals surface area contributed by atoms with Gasteiger partial charge in [-0.25, -0.2) is 9.59 Å². The minimum Gasteiger partial charge on any atom is -0.480 e. The average Bonchev–Trinajstić information content (AvgIpc) is 3.34. The topological polar surface area (TPSA) is 114 Å². The predicted molar refractivity (Wildman–Crippen MR) is 159 cm³/mol. The predicted octanol–water partition coefficient (Wildman–Crippen LogP) is 5.51. The van der Waals surface area contributed by atoms with Crippen LogP contribution in [-0.4, -0.2) is 48.4 Å². The third-order valence-electron chi connectivity index (χ3n) is 8.49. The van der Waals surface area contributed by atoms with E-state index in [0.29, 0.717) is 6.42 Å². The summed E-state index contributed by atoms with van der Waals surface area (Å²) in [5.41, 5.74) is 5.54. The van der Waals surface area contributed by atoms with Crippen molar-refractivity contribution in [1.82, 2.24) is 10.6 Å². The first kappa shape index (κ1) is 29.3. The van der Waals surface area contributed by atoms with Gasteiger partial charge in [-0.15, -0.1) is 0 Å². The molecule has 2 aliphatic carbocycles. The molecule has 0 aromatic heterocycles. The van der Waals surface area contributed by atoms with E-state index in [0.717, 1.165) is 47.1 Å². The Labute approximate surface area is 246 Å². The lowest BCUT2D eigenvalue weighted by atomic mass is 9.78. The summed E-state index contributed by atoms with van der Waals surface area (Å²) in [6.07, 6.45) is 1.96. The molecule has 42 heavy (non-hydrogen) atoms. The fourth-order valence-corrected chi connectivity index (χ4v) is 6.20. The van der Waals surface area contributed by atoms with E-state index in [1.807, 2.05) is 54.6 Å². The zero-order chi connectivity index (χ0) is 29.5. The van der Waals surface area contributed by atoms with Crippen LogP contribution < -0.4 is 10.6 Å². The Bertz CT molecular complexity index is 1350. The number of rotatable bonds is 11. The summed E-state index contributed by atoms with van der Waals surface area (Å²) in [4.78, 5) is 38.1. The van der Waals surface area contributed by atoms with Crippen LogP contribution in [0.2, 0.25) is 0 Å². The van der Waals surface area contributed by atoms with Crippen LogP contribution in [0.1, 0.15) is 55.2 Å². The fraction of sp³-hybridized carbons (Fsp3) is 0.382. The van der Waals surface area contributed by atoms with Crippen LogP contribution in [0, 0.1) is 11.8 Å². The minimum absolute atomic E-state index is 0.0320. The minimum atomic E-state index is -1.18. The second kappa shape index (κ2) is 13.7. The van der Waals surface area contributed by atoms with E-state index < -0.39 is 30.1 Å². The average molecular weight is 571 g/mol. The van der Waals surface area contributed by atoms with Crippen molar-refractivity contribution in [3.8, 4) is 11.1 Å². The third kappa shape index (κ3) is 6.82. The van der Waals surface area contributed by atoms with Crippen LogP contribution >= 0.6 is 0 Å². The number of benzene rings is 3. The highest BCUT2D eigenvalue weighted by molar-refractivity contribution is 5.85. The number of ether oxygens (including phenoxy) is 2. The highest BCUT2D eigenvalue weighted by Crippen LogP contribution is 2.44. The molecule has 3 aromatic rings. The van der Waals surface area contributed by atoms with E-state index in [1.54, 1.807) is 6.92 Å². The third-order valence-corrected chi connectivity index (χ3v) is 8.49. The van der Waals surface area contributed by atoms with Crippen molar-refractivity contribution in [2.75, 3.05) is 13.2 Å². The van der Waals surface area contributed by atoms with Crippen molar-refractivity contribution in [1.29, 1.82) is 0 Å². The maximum atomic E-state index is 13.3. The van der Waals surface area contributed by atoms with Gasteiger partial charge in [0.1, 0.15) is 6.61 Å². The molecule has 1 saturated carbocycles. The van der Waals surface area contributed by atoms with Crippen LogP contribution in [0.5, 0.6) is 0 Å². The Morgan fingerprint density at radius 2 is 1.50 bits per heavy atom. The van der Waals surface area contributed by atoms with Crippen molar-refractivity contribution in [3.05, 3.63) is 95.6 Å². The number of alkyl carbamates (subject to hydrolysis) is 1.